The van der Waals surface area contributed by atoms with Crippen molar-refractivity contribution in [2.24, 2.45) is 0 Å². The summed E-state index contributed by atoms with van der Waals surface area (Å²) in [6.07, 6.45) is 0.898. The second-order valence-electron chi connectivity index (χ2n) is 4.15. The van der Waals surface area contributed by atoms with Crippen molar-refractivity contribution in [1.82, 2.24) is 0 Å². The average molecular weight is 251 g/mol. The molecule has 0 bridgehead atoms. The van der Waals surface area contributed by atoms with E-state index in [1.165, 1.54) is 0 Å². The Morgan fingerprint density at radius 2 is 1.78 bits per heavy atom. The van der Waals surface area contributed by atoms with Crippen LogP contribution in [-0.4, -0.2) is 46.8 Å². The third kappa shape index (κ3) is 4.13. The molecule has 0 fully saturated rings. The van der Waals surface area contributed by atoms with E-state index in [-0.39, 0.29) is 0 Å². The maximum atomic E-state index is 11.1. The summed E-state index contributed by atoms with van der Waals surface area (Å²) in [5, 5.41) is 0. The molecular formula is C14H21NO3. The van der Waals surface area contributed by atoms with Crippen molar-refractivity contribution in [3.63, 3.8) is 0 Å². The molecule has 1 aromatic rings. The molecular weight excluding hydrogens is 230 g/mol. The quantitative estimate of drug-likeness (QED) is 0.662. The predicted molar refractivity (Wildman–Crippen MR) is 72.5 cm³/mol. The third-order valence-corrected chi connectivity index (χ3v) is 2.78. The van der Waals surface area contributed by atoms with Crippen LogP contribution in [0.1, 0.15) is 15.9 Å². The number of hydrogen-bond donors (Lipinski definition) is 0. The van der Waals surface area contributed by atoms with Gasteiger partial charge in [-0.25, -0.2) is 0 Å². The van der Waals surface area contributed by atoms with E-state index in [1.807, 2.05) is 25.1 Å². The fraction of sp³-hybridized carbons (Fsp3) is 0.500. The lowest BCUT2D eigenvalue weighted by Gasteiger charge is -2.25. The SMILES string of the molecule is COCCN(CCOC)c1ccc(C)cc1C=O. The van der Waals surface area contributed by atoms with Crippen molar-refractivity contribution in [3.8, 4) is 0 Å². The smallest absolute Gasteiger partial charge is 0.152 e. The minimum absolute atomic E-state index is 0.621. The van der Waals surface area contributed by atoms with Gasteiger partial charge in [-0.1, -0.05) is 11.6 Å². The van der Waals surface area contributed by atoms with E-state index in [2.05, 4.69) is 4.90 Å². The number of anilines is 1. The van der Waals surface area contributed by atoms with Crippen molar-refractivity contribution in [1.29, 1.82) is 0 Å². The Bertz CT molecular complexity index is 371. The zero-order chi connectivity index (χ0) is 13.4. The number of carbonyl (C=O) groups is 1. The molecule has 0 aliphatic rings. The van der Waals surface area contributed by atoms with Crippen LogP contribution in [0.15, 0.2) is 18.2 Å². The normalized spacial score (nSPS) is 10.4. The highest BCUT2D eigenvalue weighted by Crippen LogP contribution is 2.20. The Balaban J connectivity index is 2.91. The van der Waals surface area contributed by atoms with E-state index >= 15 is 0 Å². The molecule has 0 radical (unpaired) electrons. The van der Waals surface area contributed by atoms with Crippen LogP contribution in [-0.2, 0) is 9.47 Å². The molecule has 1 aromatic carbocycles. The van der Waals surface area contributed by atoms with E-state index in [1.54, 1.807) is 14.2 Å². The summed E-state index contributed by atoms with van der Waals surface area (Å²) in [5.74, 6) is 0. The Hall–Kier alpha value is -1.39. The van der Waals surface area contributed by atoms with Gasteiger partial charge in [0.05, 0.1) is 13.2 Å². The summed E-state index contributed by atoms with van der Waals surface area (Å²) >= 11 is 0. The van der Waals surface area contributed by atoms with Gasteiger partial charge in [-0.3, -0.25) is 4.79 Å². The Morgan fingerprint density at radius 1 is 1.17 bits per heavy atom. The molecule has 4 nitrogen and oxygen atoms in total. The lowest BCUT2D eigenvalue weighted by molar-refractivity contribution is 0.112. The molecule has 0 spiro atoms. The zero-order valence-electron chi connectivity index (χ0n) is 11.3. The number of benzene rings is 1. The number of ether oxygens (including phenoxy) is 2. The van der Waals surface area contributed by atoms with Gasteiger partial charge < -0.3 is 14.4 Å². The summed E-state index contributed by atoms with van der Waals surface area (Å²) in [4.78, 5) is 13.2. The topological polar surface area (TPSA) is 38.8 Å². The van der Waals surface area contributed by atoms with Crippen LogP contribution in [0.2, 0.25) is 0 Å². The molecule has 0 amide bonds. The molecule has 4 heteroatoms. The van der Waals surface area contributed by atoms with Crippen molar-refractivity contribution in [2.45, 2.75) is 6.92 Å². The van der Waals surface area contributed by atoms with Gasteiger partial charge in [0.15, 0.2) is 6.29 Å². The van der Waals surface area contributed by atoms with E-state index in [4.69, 9.17) is 9.47 Å². The fourth-order valence-corrected chi connectivity index (χ4v) is 1.81. The van der Waals surface area contributed by atoms with Gasteiger partial charge in [0, 0.05) is 38.6 Å². The number of nitrogens with zero attached hydrogens (tertiary/aromatic N) is 1. The number of hydrogen-bond acceptors (Lipinski definition) is 4. The van der Waals surface area contributed by atoms with Gasteiger partial charge in [0.2, 0.25) is 0 Å². The highest BCUT2D eigenvalue weighted by molar-refractivity contribution is 5.85. The Morgan fingerprint density at radius 3 is 2.28 bits per heavy atom. The molecule has 100 valence electrons. The second-order valence-corrected chi connectivity index (χ2v) is 4.15. The number of aryl methyl sites for hydroxylation is 1. The first kappa shape index (κ1) is 14.7. The molecule has 0 saturated carbocycles. The van der Waals surface area contributed by atoms with Crippen molar-refractivity contribution in [2.75, 3.05) is 45.4 Å². The monoisotopic (exact) mass is 251 g/mol. The summed E-state index contributed by atoms with van der Waals surface area (Å²) in [6.45, 7) is 4.70. The van der Waals surface area contributed by atoms with Crippen molar-refractivity contribution < 1.29 is 14.3 Å². The van der Waals surface area contributed by atoms with Crippen LogP contribution in [0.25, 0.3) is 0 Å². The number of carbonyl (C=O) groups excluding carboxylic acids is 1. The van der Waals surface area contributed by atoms with E-state index in [0.29, 0.717) is 18.8 Å². The summed E-state index contributed by atoms with van der Waals surface area (Å²) in [7, 11) is 3.34. The zero-order valence-corrected chi connectivity index (χ0v) is 11.3. The minimum atomic E-state index is 0.621. The average Bonchev–Trinajstić information content (AvgIpc) is 2.39. The van der Waals surface area contributed by atoms with Crippen LogP contribution in [0.5, 0.6) is 0 Å². The second kappa shape index (κ2) is 7.84. The van der Waals surface area contributed by atoms with Gasteiger partial charge in [0.1, 0.15) is 0 Å². The maximum Gasteiger partial charge on any atom is 0.152 e. The lowest BCUT2D eigenvalue weighted by Crippen LogP contribution is -2.31. The summed E-state index contributed by atoms with van der Waals surface area (Å²) < 4.78 is 10.2. The molecule has 0 N–H and O–H groups in total. The molecule has 1 rings (SSSR count). The van der Waals surface area contributed by atoms with E-state index < -0.39 is 0 Å². The van der Waals surface area contributed by atoms with Crippen LogP contribution in [0, 0.1) is 6.92 Å². The van der Waals surface area contributed by atoms with Gasteiger partial charge in [-0.2, -0.15) is 0 Å². The van der Waals surface area contributed by atoms with Crippen molar-refractivity contribution in [3.05, 3.63) is 29.3 Å². The molecule has 0 atom stereocenters. The summed E-state index contributed by atoms with van der Waals surface area (Å²) in [5.41, 5.74) is 2.73. The first-order valence-electron chi connectivity index (χ1n) is 6.01. The van der Waals surface area contributed by atoms with Crippen LogP contribution in [0.3, 0.4) is 0 Å². The molecule has 0 aliphatic carbocycles. The molecule has 0 aromatic heterocycles. The number of methoxy groups -OCH3 is 2. The van der Waals surface area contributed by atoms with E-state index in [9.17, 15) is 4.79 Å². The number of rotatable bonds is 8. The maximum absolute atomic E-state index is 11.1. The van der Waals surface area contributed by atoms with Crippen molar-refractivity contribution >= 4 is 12.0 Å². The fourth-order valence-electron chi connectivity index (χ4n) is 1.81. The predicted octanol–water partition coefficient (Wildman–Crippen LogP) is 1.91. The first-order chi connectivity index (χ1) is 8.72. The van der Waals surface area contributed by atoms with Gasteiger partial charge in [0.25, 0.3) is 0 Å². The van der Waals surface area contributed by atoms with Crippen LogP contribution in [0.4, 0.5) is 5.69 Å². The van der Waals surface area contributed by atoms with Crippen LogP contribution < -0.4 is 4.90 Å². The van der Waals surface area contributed by atoms with Crippen LogP contribution >= 0.6 is 0 Å². The largest absolute Gasteiger partial charge is 0.383 e. The Kier molecular flexibility index (Phi) is 6.39. The van der Waals surface area contributed by atoms with Gasteiger partial charge in [-0.15, -0.1) is 0 Å². The molecule has 0 aliphatic heterocycles. The molecule has 18 heavy (non-hydrogen) atoms. The minimum Gasteiger partial charge on any atom is -0.383 e. The summed E-state index contributed by atoms with van der Waals surface area (Å²) in [6, 6.07) is 5.88. The molecule has 0 unspecified atom stereocenters. The Labute approximate surface area is 108 Å². The molecule has 0 heterocycles. The first-order valence-corrected chi connectivity index (χ1v) is 6.01. The van der Waals surface area contributed by atoms with E-state index in [0.717, 1.165) is 30.6 Å². The van der Waals surface area contributed by atoms with Gasteiger partial charge >= 0.3 is 0 Å². The molecule has 0 saturated heterocycles. The van der Waals surface area contributed by atoms with Gasteiger partial charge in [-0.05, 0) is 19.1 Å². The highest BCUT2D eigenvalue weighted by Gasteiger charge is 2.10. The third-order valence-electron chi connectivity index (χ3n) is 2.78. The number of aldehydes is 1. The highest BCUT2D eigenvalue weighted by atomic mass is 16.5. The lowest BCUT2D eigenvalue weighted by atomic mass is 10.1. The standard InChI is InChI=1S/C14H21NO3/c1-12-4-5-14(13(10-12)11-16)15(6-8-17-2)7-9-18-3/h4-5,10-11H,6-9H2,1-3H3.